The molecule has 0 radical (unpaired) electrons. The fourth-order valence-electron chi connectivity index (χ4n) is 2.03. The number of nitrogens with one attached hydrogen (secondary N) is 1. The molecule has 0 saturated carbocycles. The number of ether oxygens (including phenoxy) is 1. The van der Waals surface area contributed by atoms with Crippen molar-refractivity contribution in [3.8, 4) is 5.75 Å². The minimum absolute atomic E-state index is 0.0683. The lowest BCUT2D eigenvalue weighted by molar-refractivity contribution is 0.242. The van der Waals surface area contributed by atoms with E-state index in [1.807, 2.05) is 56.3 Å². The van der Waals surface area contributed by atoms with Gasteiger partial charge < -0.3 is 20.9 Å². The van der Waals surface area contributed by atoms with Crippen molar-refractivity contribution in [3.63, 3.8) is 0 Å². The Morgan fingerprint density at radius 2 is 1.76 bits per heavy atom. The lowest BCUT2D eigenvalue weighted by atomic mass is 10.1. The summed E-state index contributed by atoms with van der Waals surface area (Å²) in [5.41, 5.74) is 9.55. The van der Waals surface area contributed by atoms with E-state index in [0.717, 1.165) is 22.6 Å². The van der Waals surface area contributed by atoms with Crippen LogP contribution in [-0.2, 0) is 13.2 Å². The highest BCUT2D eigenvalue weighted by Gasteiger charge is 2.02. The third kappa shape index (κ3) is 4.68. The predicted octanol–water partition coefficient (Wildman–Crippen LogP) is 3.16. The minimum Gasteiger partial charge on any atom is -0.491 e. The number of benzene rings is 2. The van der Waals surface area contributed by atoms with Crippen LogP contribution in [0.15, 0.2) is 42.5 Å². The lowest BCUT2D eigenvalue weighted by Crippen LogP contribution is -2.07. The molecule has 0 aliphatic heterocycles. The van der Waals surface area contributed by atoms with Gasteiger partial charge in [-0.05, 0) is 31.0 Å². The first-order chi connectivity index (χ1) is 10.1. The number of nitrogen functional groups attached to an aromatic ring is 1. The van der Waals surface area contributed by atoms with Crippen molar-refractivity contribution in [3.05, 3.63) is 53.6 Å². The van der Waals surface area contributed by atoms with Gasteiger partial charge in [0.25, 0.3) is 0 Å². The quantitative estimate of drug-likeness (QED) is 0.714. The van der Waals surface area contributed by atoms with Crippen LogP contribution in [0.5, 0.6) is 5.75 Å². The molecule has 0 spiro atoms. The van der Waals surface area contributed by atoms with Crippen LogP contribution in [0.1, 0.15) is 25.0 Å². The molecule has 2 aromatic carbocycles. The molecule has 4 heteroatoms. The Hall–Kier alpha value is -2.20. The molecule has 2 aromatic rings. The molecule has 0 aliphatic carbocycles. The minimum atomic E-state index is 0.0683. The number of hydrogen-bond donors (Lipinski definition) is 3. The maximum atomic E-state index is 9.03. The second-order valence-electron chi connectivity index (χ2n) is 5.29. The fraction of sp³-hybridized carbons (Fsp3) is 0.294. The number of hydrogen-bond acceptors (Lipinski definition) is 4. The molecule has 2 rings (SSSR count). The Morgan fingerprint density at radius 3 is 2.38 bits per heavy atom. The monoisotopic (exact) mass is 286 g/mol. The van der Waals surface area contributed by atoms with Gasteiger partial charge in [-0.3, -0.25) is 0 Å². The molecule has 0 bridgehead atoms. The SMILES string of the molecule is CC(C)Oc1cc(N)cc(NCc2ccc(CO)cc2)c1. The maximum Gasteiger partial charge on any atom is 0.123 e. The van der Waals surface area contributed by atoms with Gasteiger partial charge in [0.05, 0.1) is 12.7 Å². The van der Waals surface area contributed by atoms with Crippen molar-refractivity contribution >= 4 is 11.4 Å². The Bertz CT molecular complexity index is 580. The summed E-state index contributed by atoms with van der Waals surface area (Å²) in [6, 6.07) is 13.5. The molecule has 4 N–H and O–H groups in total. The highest BCUT2D eigenvalue weighted by atomic mass is 16.5. The molecule has 0 fully saturated rings. The van der Waals surface area contributed by atoms with Crippen molar-refractivity contribution in [1.82, 2.24) is 0 Å². The molecule has 21 heavy (non-hydrogen) atoms. The van der Waals surface area contributed by atoms with Crippen LogP contribution >= 0.6 is 0 Å². The van der Waals surface area contributed by atoms with Crippen molar-refractivity contribution < 1.29 is 9.84 Å². The fourth-order valence-corrected chi connectivity index (χ4v) is 2.03. The predicted molar refractivity (Wildman–Crippen MR) is 86.3 cm³/mol. The van der Waals surface area contributed by atoms with E-state index in [4.69, 9.17) is 15.6 Å². The van der Waals surface area contributed by atoms with Gasteiger partial charge >= 0.3 is 0 Å². The van der Waals surface area contributed by atoms with Crippen LogP contribution in [0, 0.1) is 0 Å². The molecule has 0 aromatic heterocycles. The van der Waals surface area contributed by atoms with Gasteiger partial charge in [-0.2, -0.15) is 0 Å². The molecule has 112 valence electrons. The lowest BCUT2D eigenvalue weighted by Gasteiger charge is -2.13. The second-order valence-corrected chi connectivity index (χ2v) is 5.29. The molecule has 0 unspecified atom stereocenters. The van der Waals surface area contributed by atoms with E-state index >= 15 is 0 Å². The van der Waals surface area contributed by atoms with Crippen LogP contribution < -0.4 is 15.8 Å². The van der Waals surface area contributed by atoms with Crippen molar-refractivity contribution in [2.24, 2.45) is 0 Å². The van der Waals surface area contributed by atoms with Crippen LogP contribution in [-0.4, -0.2) is 11.2 Å². The Labute approximate surface area is 125 Å². The summed E-state index contributed by atoms with van der Waals surface area (Å²) in [4.78, 5) is 0. The normalized spacial score (nSPS) is 10.7. The number of aliphatic hydroxyl groups excluding tert-OH is 1. The zero-order valence-corrected chi connectivity index (χ0v) is 12.5. The van der Waals surface area contributed by atoms with Gasteiger partial charge in [0, 0.05) is 30.1 Å². The summed E-state index contributed by atoms with van der Waals surface area (Å²) in [5, 5.41) is 12.4. The smallest absolute Gasteiger partial charge is 0.123 e. The van der Waals surface area contributed by atoms with Gasteiger partial charge in [-0.25, -0.2) is 0 Å². The molecular weight excluding hydrogens is 264 g/mol. The maximum absolute atomic E-state index is 9.03. The van der Waals surface area contributed by atoms with Crippen LogP contribution in [0.2, 0.25) is 0 Å². The number of nitrogens with two attached hydrogens (primary N) is 1. The zero-order chi connectivity index (χ0) is 15.2. The molecule has 4 nitrogen and oxygen atoms in total. The average Bonchev–Trinajstić information content (AvgIpc) is 2.44. The Balaban J connectivity index is 2.03. The van der Waals surface area contributed by atoms with Gasteiger partial charge in [-0.1, -0.05) is 24.3 Å². The van der Waals surface area contributed by atoms with E-state index in [1.54, 1.807) is 0 Å². The second kappa shape index (κ2) is 6.99. The molecule has 0 atom stereocenters. The van der Waals surface area contributed by atoms with E-state index in [0.29, 0.717) is 12.2 Å². The van der Waals surface area contributed by atoms with Crippen LogP contribution in [0.25, 0.3) is 0 Å². The summed E-state index contributed by atoms with van der Waals surface area (Å²) in [6.07, 6.45) is 0.116. The van der Waals surface area contributed by atoms with Gasteiger partial charge in [0.2, 0.25) is 0 Å². The van der Waals surface area contributed by atoms with E-state index in [-0.39, 0.29) is 12.7 Å². The molecule has 0 aliphatic rings. The first-order valence-corrected chi connectivity index (χ1v) is 7.06. The van der Waals surface area contributed by atoms with E-state index in [1.165, 1.54) is 0 Å². The van der Waals surface area contributed by atoms with Crippen LogP contribution in [0.4, 0.5) is 11.4 Å². The van der Waals surface area contributed by atoms with E-state index in [9.17, 15) is 0 Å². The van der Waals surface area contributed by atoms with E-state index < -0.39 is 0 Å². The first kappa shape index (κ1) is 15.2. The third-order valence-electron chi connectivity index (χ3n) is 3.00. The highest BCUT2D eigenvalue weighted by Crippen LogP contribution is 2.24. The number of rotatable bonds is 6. The topological polar surface area (TPSA) is 67.5 Å². The van der Waals surface area contributed by atoms with Gasteiger partial charge in [0.1, 0.15) is 5.75 Å². The van der Waals surface area contributed by atoms with Gasteiger partial charge in [0.15, 0.2) is 0 Å². The summed E-state index contributed by atoms with van der Waals surface area (Å²) in [6.45, 7) is 4.73. The standard InChI is InChI=1S/C17H22N2O2/c1-12(2)21-17-8-15(18)7-16(9-17)19-10-13-3-5-14(11-20)6-4-13/h3-9,12,19-20H,10-11,18H2,1-2H3. The zero-order valence-electron chi connectivity index (χ0n) is 12.5. The number of anilines is 2. The Kier molecular flexibility index (Phi) is 5.06. The molecule has 0 heterocycles. The van der Waals surface area contributed by atoms with Gasteiger partial charge in [-0.15, -0.1) is 0 Å². The number of aliphatic hydroxyl groups is 1. The Morgan fingerprint density at radius 1 is 1.10 bits per heavy atom. The first-order valence-electron chi connectivity index (χ1n) is 7.06. The molecule has 0 saturated heterocycles. The highest BCUT2D eigenvalue weighted by molar-refractivity contribution is 5.59. The summed E-state index contributed by atoms with van der Waals surface area (Å²) >= 11 is 0. The molecule has 0 amide bonds. The summed E-state index contributed by atoms with van der Waals surface area (Å²) < 4.78 is 5.67. The molecular formula is C17H22N2O2. The largest absolute Gasteiger partial charge is 0.491 e. The van der Waals surface area contributed by atoms with Crippen LogP contribution in [0.3, 0.4) is 0 Å². The third-order valence-corrected chi connectivity index (χ3v) is 3.00. The van der Waals surface area contributed by atoms with E-state index in [2.05, 4.69) is 5.32 Å². The van der Waals surface area contributed by atoms with Crippen molar-refractivity contribution in [1.29, 1.82) is 0 Å². The summed E-state index contributed by atoms with van der Waals surface area (Å²) in [5.74, 6) is 0.767. The average molecular weight is 286 g/mol. The van der Waals surface area contributed by atoms with Crippen molar-refractivity contribution in [2.45, 2.75) is 33.1 Å². The van der Waals surface area contributed by atoms with Crippen molar-refractivity contribution in [2.75, 3.05) is 11.1 Å². The summed E-state index contributed by atoms with van der Waals surface area (Å²) in [7, 11) is 0.